The van der Waals surface area contributed by atoms with Crippen LogP contribution in [0, 0.1) is 11.3 Å². The highest BCUT2D eigenvalue weighted by atomic mass is 16.5. The number of nitrogens with zero attached hydrogens (tertiary/aromatic N) is 1. The Morgan fingerprint density at radius 1 is 1.29 bits per heavy atom. The van der Waals surface area contributed by atoms with E-state index in [0.29, 0.717) is 22.6 Å². The van der Waals surface area contributed by atoms with Crippen molar-refractivity contribution in [3.05, 3.63) is 59.2 Å². The van der Waals surface area contributed by atoms with Crippen molar-refractivity contribution in [3.8, 4) is 11.8 Å². The molecule has 0 spiro atoms. The normalized spacial score (nSPS) is 13.8. The number of amides is 2. The first-order chi connectivity index (χ1) is 11.6. The van der Waals surface area contributed by atoms with E-state index < -0.39 is 0 Å². The molecule has 0 radical (unpaired) electrons. The van der Waals surface area contributed by atoms with Crippen LogP contribution in [0.25, 0.3) is 0 Å². The molecule has 0 saturated heterocycles. The highest BCUT2D eigenvalue weighted by Gasteiger charge is 2.18. The number of hydrogen-bond acceptors (Lipinski definition) is 4. The van der Waals surface area contributed by atoms with Gasteiger partial charge in [0, 0.05) is 5.56 Å². The molecular weight excluding hydrogens is 306 g/mol. The fraction of sp³-hybridized carbons (Fsp3) is 0.167. The van der Waals surface area contributed by atoms with Crippen molar-refractivity contribution >= 4 is 17.5 Å². The number of nitrogens with one attached hydrogen (secondary N) is 2. The Labute approximate surface area is 139 Å². The quantitative estimate of drug-likeness (QED) is 0.908. The van der Waals surface area contributed by atoms with E-state index >= 15 is 0 Å². The van der Waals surface area contributed by atoms with Crippen molar-refractivity contribution in [1.29, 1.82) is 5.26 Å². The van der Waals surface area contributed by atoms with Crippen molar-refractivity contribution in [2.24, 2.45) is 0 Å². The first-order valence-electron chi connectivity index (χ1n) is 7.44. The van der Waals surface area contributed by atoms with E-state index in [1.165, 1.54) is 0 Å². The summed E-state index contributed by atoms with van der Waals surface area (Å²) in [6, 6.07) is 13.6. The summed E-state index contributed by atoms with van der Waals surface area (Å²) in [6.45, 7) is 1.87. The summed E-state index contributed by atoms with van der Waals surface area (Å²) in [4.78, 5) is 23.7. The molecule has 1 atom stereocenters. The maximum atomic E-state index is 12.3. The fourth-order valence-corrected chi connectivity index (χ4v) is 2.43. The first-order valence-corrected chi connectivity index (χ1v) is 7.44. The Kier molecular flexibility index (Phi) is 4.17. The van der Waals surface area contributed by atoms with E-state index in [2.05, 4.69) is 10.6 Å². The zero-order chi connectivity index (χ0) is 17.1. The average molecular weight is 321 g/mol. The molecule has 0 bridgehead atoms. The smallest absolute Gasteiger partial charge is 0.262 e. The molecule has 1 aliphatic heterocycles. The topological polar surface area (TPSA) is 91.2 Å². The Morgan fingerprint density at radius 3 is 2.75 bits per heavy atom. The molecule has 1 aliphatic rings. The molecule has 24 heavy (non-hydrogen) atoms. The molecule has 0 unspecified atom stereocenters. The highest BCUT2D eigenvalue weighted by Crippen LogP contribution is 2.30. The Bertz CT molecular complexity index is 838. The molecule has 0 aromatic heterocycles. The molecule has 2 aromatic carbocycles. The SMILES string of the molecule is C[C@@H](NC(=O)c1ccc(C#N)cc1)c1ccc2c(c1)NC(=O)CO2. The van der Waals surface area contributed by atoms with Crippen LogP contribution in [0.2, 0.25) is 0 Å². The lowest BCUT2D eigenvalue weighted by Gasteiger charge is -2.21. The fourth-order valence-electron chi connectivity index (χ4n) is 2.43. The number of benzene rings is 2. The third-order valence-corrected chi connectivity index (χ3v) is 3.76. The van der Waals surface area contributed by atoms with E-state index in [-0.39, 0.29) is 24.5 Å². The van der Waals surface area contributed by atoms with Crippen molar-refractivity contribution in [3.63, 3.8) is 0 Å². The van der Waals surface area contributed by atoms with Gasteiger partial charge in [0.25, 0.3) is 11.8 Å². The van der Waals surface area contributed by atoms with E-state index in [1.54, 1.807) is 36.4 Å². The zero-order valence-electron chi connectivity index (χ0n) is 13.0. The van der Waals surface area contributed by atoms with E-state index in [4.69, 9.17) is 10.00 Å². The van der Waals surface area contributed by atoms with Crippen LogP contribution < -0.4 is 15.4 Å². The standard InChI is InChI=1S/C18H15N3O3/c1-11(20-18(23)13-4-2-12(9-19)3-5-13)14-6-7-16-15(8-14)21-17(22)10-24-16/h2-8,11H,10H2,1H3,(H,20,23)(H,21,22)/t11-/m1/s1. The Morgan fingerprint density at radius 2 is 2.04 bits per heavy atom. The van der Waals surface area contributed by atoms with Gasteiger partial charge in [-0.05, 0) is 48.9 Å². The molecule has 0 aliphatic carbocycles. The van der Waals surface area contributed by atoms with Gasteiger partial charge in [-0.1, -0.05) is 6.07 Å². The molecule has 2 N–H and O–H groups in total. The predicted octanol–water partition coefficient (Wildman–Crippen LogP) is 2.38. The maximum absolute atomic E-state index is 12.3. The number of nitriles is 1. The van der Waals surface area contributed by atoms with Gasteiger partial charge in [-0.25, -0.2) is 0 Å². The van der Waals surface area contributed by atoms with Crippen LogP contribution >= 0.6 is 0 Å². The van der Waals surface area contributed by atoms with Crippen molar-refractivity contribution in [1.82, 2.24) is 5.32 Å². The third kappa shape index (κ3) is 3.20. The molecule has 1 heterocycles. The van der Waals surface area contributed by atoms with Crippen molar-refractivity contribution in [2.75, 3.05) is 11.9 Å². The summed E-state index contributed by atoms with van der Waals surface area (Å²) in [5.74, 6) is 0.183. The maximum Gasteiger partial charge on any atom is 0.262 e. The summed E-state index contributed by atoms with van der Waals surface area (Å²) in [5, 5.41) is 14.4. The lowest BCUT2D eigenvalue weighted by atomic mass is 10.1. The molecule has 2 aromatic rings. The number of ether oxygens (including phenoxy) is 1. The molecule has 120 valence electrons. The van der Waals surface area contributed by atoms with Gasteiger partial charge in [0.05, 0.1) is 23.4 Å². The summed E-state index contributed by atoms with van der Waals surface area (Å²) < 4.78 is 5.32. The van der Waals surface area contributed by atoms with Crippen molar-refractivity contribution in [2.45, 2.75) is 13.0 Å². The summed E-state index contributed by atoms with van der Waals surface area (Å²) in [6.07, 6.45) is 0. The van der Waals surface area contributed by atoms with Crippen LogP contribution in [0.4, 0.5) is 5.69 Å². The minimum absolute atomic E-state index is 0.0112. The van der Waals surface area contributed by atoms with Crippen LogP contribution in [0.3, 0.4) is 0 Å². The zero-order valence-corrected chi connectivity index (χ0v) is 13.0. The molecule has 6 heteroatoms. The van der Waals surface area contributed by atoms with Gasteiger partial charge in [-0.3, -0.25) is 9.59 Å². The second-order valence-electron chi connectivity index (χ2n) is 5.48. The second kappa shape index (κ2) is 6.42. The Balaban J connectivity index is 1.73. The number of hydrogen-bond donors (Lipinski definition) is 2. The van der Waals surface area contributed by atoms with Crippen LogP contribution in [0.15, 0.2) is 42.5 Å². The third-order valence-electron chi connectivity index (χ3n) is 3.76. The minimum Gasteiger partial charge on any atom is -0.482 e. The van der Waals surface area contributed by atoms with Gasteiger partial charge in [0.1, 0.15) is 5.75 Å². The first kappa shape index (κ1) is 15.6. The predicted molar refractivity (Wildman–Crippen MR) is 87.6 cm³/mol. The number of carbonyl (C=O) groups is 2. The average Bonchev–Trinajstić information content (AvgIpc) is 2.61. The van der Waals surface area contributed by atoms with E-state index in [0.717, 1.165) is 5.56 Å². The molecular formula is C18H15N3O3. The van der Waals surface area contributed by atoms with Gasteiger partial charge in [-0.15, -0.1) is 0 Å². The van der Waals surface area contributed by atoms with E-state index in [1.807, 2.05) is 19.1 Å². The number of rotatable bonds is 3. The molecule has 0 saturated carbocycles. The van der Waals surface area contributed by atoms with Gasteiger partial charge in [-0.2, -0.15) is 5.26 Å². The number of carbonyl (C=O) groups excluding carboxylic acids is 2. The minimum atomic E-state index is -0.253. The van der Waals surface area contributed by atoms with Gasteiger partial charge in [0.15, 0.2) is 6.61 Å². The molecule has 2 amide bonds. The van der Waals surface area contributed by atoms with Crippen LogP contribution in [-0.2, 0) is 4.79 Å². The second-order valence-corrected chi connectivity index (χ2v) is 5.48. The Hall–Kier alpha value is -3.33. The summed E-state index contributed by atoms with van der Waals surface area (Å²) in [7, 11) is 0. The molecule has 3 rings (SSSR count). The van der Waals surface area contributed by atoms with Gasteiger partial charge >= 0.3 is 0 Å². The summed E-state index contributed by atoms with van der Waals surface area (Å²) >= 11 is 0. The van der Waals surface area contributed by atoms with Crippen LogP contribution in [0.5, 0.6) is 5.75 Å². The van der Waals surface area contributed by atoms with Gasteiger partial charge in [0.2, 0.25) is 0 Å². The van der Waals surface area contributed by atoms with Crippen LogP contribution in [0.1, 0.15) is 34.5 Å². The molecule has 6 nitrogen and oxygen atoms in total. The van der Waals surface area contributed by atoms with E-state index in [9.17, 15) is 9.59 Å². The van der Waals surface area contributed by atoms with Crippen LogP contribution in [-0.4, -0.2) is 18.4 Å². The largest absolute Gasteiger partial charge is 0.482 e. The number of fused-ring (bicyclic) bond motifs is 1. The van der Waals surface area contributed by atoms with Gasteiger partial charge < -0.3 is 15.4 Å². The monoisotopic (exact) mass is 321 g/mol. The van der Waals surface area contributed by atoms with Crippen molar-refractivity contribution < 1.29 is 14.3 Å². The lowest BCUT2D eigenvalue weighted by molar-refractivity contribution is -0.118. The molecule has 0 fully saturated rings. The summed E-state index contributed by atoms with van der Waals surface area (Å²) in [5.41, 5.74) is 2.44. The highest BCUT2D eigenvalue weighted by molar-refractivity contribution is 5.96. The lowest BCUT2D eigenvalue weighted by Crippen LogP contribution is -2.28. The number of anilines is 1.